The average molecular weight is 305 g/mol. The number of aliphatic hydroxyl groups is 1. The van der Waals surface area contributed by atoms with Crippen LogP contribution in [-0.4, -0.2) is 26.9 Å². The fraction of sp³-hybridized carbons (Fsp3) is 0.562. The minimum Gasteiger partial charge on any atom is -0.495 e. The predicted octanol–water partition coefficient (Wildman–Crippen LogP) is 2.22. The molecule has 0 saturated carbocycles. The van der Waals surface area contributed by atoms with E-state index in [0.717, 1.165) is 24.8 Å². The Morgan fingerprint density at radius 1 is 1.38 bits per heavy atom. The monoisotopic (exact) mass is 305 g/mol. The Hall–Kier alpha value is -1.38. The van der Waals surface area contributed by atoms with Crippen molar-refractivity contribution in [2.75, 3.05) is 7.11 Å². The molecule has 2 saturated heterocycles. The van der Waals surface area contributed by atoms with E-state index in [-0.39, 0.29) is 10.5 Å². The van der Waals surface area contributed by atoms with Gasteiger partial charge in [-0.05, 0) is 43.4 Å². The molecule has 0 aliphatic carbocycles. The number of fused-ring (bicyclic) bond motifs is 2. The van der Waals surface area contributed by atoms with E-state index in [1.165, 1.54) is 7.11 Å². The molecular weight excluding hydrogens is 286 g/mol. The first-order chi connectivity index (χ1) is 10.1. The largest absolute Gasteiger partial charge is 0.495 e. The van der Waals surface area contributed by atoms with E-state index in [2.05, 4.69) is 6.07 Å². The Morgan fingerprint density at radius 2 is 2.05 bits per heavy atom. The number of hydrogen-bond acceptors (Lipinski definition) is 4. The van der Waals surface area contributed by atoms with Crippen LogP contribution in [0.3, 0.4) is 0 Å². The zero-order valence-corrected chi connectivity index (χ0v) is 12.9. The summed E-state index contributed by atoms with van der Waals surface area (Å²) in [5.74, 6) is 0.486. The summed E-state index contributed by atoms with van der Waals surface area (Å²) in [6.45, 7) is 0. The molecule has 0 amide bonds. The van der Waals surface area contributed by atoms with Crippen LogP contribution in [0.4, 0.5) is 0 Å². The van der Waals surface area contributed by atoms with Gasteiger partial charge in [0, 0.05) is 21.3 Å². The molecule has 112 valence electrons. The molecule has 2 aliphatic rings. The van der Waals surface area contributed by atoms with Crippen LogP contribution in [0.5, 0.6) is 5.75 Å². The minimum absolute atomic E-state index is 0.0872. The molecule has 1 aromatic rings. The van der Waals surface area contributed by atoms with E-state index >= 15 is 0 Å². The fourth-order valence-electron chi connectivity index (χ4n) is 3.59. The molecule has 2 unspecified atom stereocenters. The number of nitrogens with zero attached hydrogens (tertiary/aromatic N) is 1. The second-order valence-corrected chi connectivity index (χ2v) is 7.96. The van der Waals surface area contributed by atoms with E-state index < -0.39 is 16.4 Å². The van der Waals surface area contributed by atoms with Crippen LogP contribution < -0.4 is 4.74 Å². The van der Waals surface area contributed by atoms with E-state index in [0.29, 0.717) is 24.2 Å². The summed E-state index contributed by atoms with van der Waals surface area (Å²) in [5, 5.41) is 20.3. The second-order valence-electron chi connectivity index (χ2n) is 5.97. The van der Waals surface area contributed by atoms with Crippen molar-refractivity contribution in [3.8, 4) is 11.8 Å². The molecule has 2 heterocycles. The Labute approximate surface area is 127 Å². The van der Waals surface area contributed by atoms with Gasteiger partial charge in [-0.2, -0.15) is 5.26 Å². The van der Waals surface area contributed by atoms with Crippen LogP contribution >= 0.6 is 0 Å². The van der Waals surface area contributed by atoms with Gasteiger partial charge in [0.25, 0.3) is 0 Å². The maximum atomic E-state index is 12.3. The molecule has 0 radical (unpaired) electrons. The van der Waals surface area contributed by atoms with E-state index in [1.807, 2.05) is 0 Å². The number of benzene rings is 1. The van der Waals surface area contributed by atoms with Crippen LogP contribution in [0.1, 0.15) is 43.2 Å². The van der Waals surface area contributed by atoms with Crippen LogP contribution in [-0.2, 0) is 16.4 Å². The highest BCUT2D eigenvalue weighted by Gasteiger charge is 2.46. The van der Waals surface area contributed by atoms with Crippen molar-refractivity contribution in [1.82, 2.24) is 0 Å². The van der Waals surface area contributed by atoms with Crippen molar-refractivity contribution in [1.29, 1.82) is 5.26 Å². The zero-order chi connectivity index (χ0) is 15.0. The van der Waals surface area contributed by atoms with Gasteiger partial charge in [-0.15, -0.1) is 0 Å². The summed E-state index contributed by atoms with van der Waals surface area (Å²) in [5.41, 5.74) is 0.279. The van der Waals surface area contributed by atoms with Crippen LogP contribution in [0.25, 0.3) is 0 Å². The van der Waals surface area contributed by atoms with Gasteiger partial charge < -0.3 is 9.84 Å². The smallest absolute Gasteiger partial charge is 0.136 e. The lowest BCUT2D eigenvalue weighted by Gasteiger charge is -2.43. The van der Waals surface area contributed by atoms with Gasteiger partial charge in [0.15, 0.2) is 0 Å². The first kappa shape index (κ1) is 14.6. The Bertz CT molecular complexity index is 606. The SMILES string of the molecule is COc1cc(C2(O)CC3CCCC(C2)S3=O)ccc1C#N. The lowest BCUT2D eigenvalue weighted by atomic mass is 9.80. The van der Waals surface area contributed by atoms with Crippen LogP contribution in [0, 0.1) is 11.3 Å². The molecule has 2 aliphatic heterocycles. The highest BCUT2D eigenvalue weighted by Crippen LogP contribution is 2.45. The Morgan fingerprint density at radius 3 is 2.62 bits per heavy atom. The minimum atomic E-state index is -0.953. The van der Waals surface area contributed by atoms with Gasteiger partial charge in [-0.3, -0.25) is 4.21 Å². The Balaban J connectivity index is 1.96. The summed E-state index contributed by atoms with van der Waals surface area (Å²) in [6, 6.07) is 7.32. The molecule has 4 nitrogen and oxygen atoms in total. The molecule has 3 rings (SSSR count). The number of ether oxygens (including phenoxy) is 1. The van der Waals surface area contributed by atoms with Crippen molar-refractivity contribution < 1.29 is 14.1 Å². The second kappa shape index (κ2) is 5.43. The molecule has 2 bridgehead atoms. The number of hydrogen-bond donors (Lipinski definition) is 1. The quantitative estimate of drug-likeness (QED) is 0.909. The van der Waals surface area contributed by atoms with Gasteiger partial charge in [0.1, 0.15) is 11.8 Å². The highest BCUT2D eigenvalue weighted by atomic mass is 32.2. The topological polar surface area (TPSA) is 70.3 Å². The van der Waals surface area contributed by atoms with Crippen molar-refractivity contribution in [3.63, 3.8) is 0 Å². The average Bonchev–Trinajstić information content (AvgIpc) is 2.48. The van der Waals surface area contributed by atoms with Gasteiger partial charge in [0.2, 0.25) is 0 Å². The van der Waals surface area contributed by atoms with E-state index in [1.54, 1.807) is 18.2 Å². The van der Waals surface area contributed by atoms with Gasteiger partial charge >= 0.3 is 0 Å². The molecule has 2 atom stereocenters. The lowest BCUT2D eigenvalue weighted by molar-refractivity contribution is 0.00637. The molecule has 1 aromatic carbocycles. The Kier molecular flexibility index (Phi) is 3.76. The fourth-order valence-corrected chi connectivity index (χ4v) is 5.81. The maximum Gasteiger partial charge on any atom is 0.136 e. The predicted molar refractivity (Wildman–Crippen MR) is 80.4 cm³/mol. The summed E-state index contributed by atoms with van der Waals surface area (Å²) >= 11 is 0. The standard InChI is InChI=1S/C16H19NO3S/c1-20-15-7-12(6-5-11(15)10-17)16(18)8-13-3-2-4-14(9-16)21(13)19/h5-7,13-14,18H,2-4,8-9H2,1H3. The normalized spacial score (nSPS) is 35.0. The molecule has 0 aromatic heterocycles. The number of methoxy groups -OCH3 is 1. The summed E-state index contributed by atoms with van der Waals surface area (Å²) in [6.07, 6.45) is 4.03. The number of rotatable bonds is 2. The van der Waals surface area contributed by atoms with Crippen LogP contribution in [0.15, 0.2) is 18.2 Å². The summed E-state index contributed by atoms with van der Waals surface area (Å²) in [4.78, 5) is 0. The van der Waals surface area contributed by atoms with E-state index in [4.69, 9.17) is 10.00 Å². The molecule has 5 heteroatoms. The van der Waals surface area contributed by atoms with Crippen molar-refractivity contribution in [3.05, 3.63) is 29.3 Å². The maximum absolute atomic E-state index is 12.3. The molecule has 2 fully saturated rings. The highest BCUT2D eigenvalue weighted by molar-refractivity contribution is 7.86. The first-order valence-electron chi connectivity index (χ1n) is 7.28. The van der Waals surface area contributed by atoms with Crippen molar-refractivity contribution in [2.45, 2.75) is 48.2 Å². The first-order valence-corrected chi connectivity index (χ1v) is 8.55. The molecule has 1 N–H and O–H groups in total. The zero-order valence-electron chi connectivity index (χ0n) is 12.0. The van der Waals surface area contributed by atoms with Crippen molar-refractivity contribution >= 4 is 10.8 Å². The van der Waals surface area contributed by atoms with Crippen molar-refractivity contribution in [2.24, 2.45) is 0 Å². The van der Waals surface area contributed by atoms with Gasteiger partial charge in [-0.25, -0.2) is 0 Å². The number of nitriles is 1. The van der Waals surface area contributed by atoms with Gasteiger partial charge in [-0.1, -0.05) is 12.5 Å². The molecule has 21 heavy (non-hydrogen) atoms. The third kappa shape index (κ3) is 2.47. The van der Waals surface area contributed by atoms with E-state index in [9.17, 15) is 9.32 Å². The third-order valence-electron chi connectivity index (χ3n) is 4.70. The molecular formula is C16H19NO3S. The summed E-state index contributed by atoms with van der Waals surface area (Å²) in [7, 11) is 0.709. The third-order valence-corrected chi connectivity index (χ3v) is 6.82. The summed E-state index contributed by atoms with van der Waals surface area (Å²) < 4.78 is 17.5. The lowest BCUT2D eigenvalue weighted by Crippen LogP contribution is -2.47. The van der Waals surface area contributed by atoms with Gasteiger partial charge in [0.05, 0.1) is 18.3 Å². The van der Waals surface area contributed by atoms with Crippen LogP contribution in [0.2, 0.25) is 0 Å². The molecule has 0 spiro atoms.